The first-order valence-corrected chi connectivity index (χ1v) is 6.38. The van der Waals surface area contributed by atoms with Gasteiger partial charge in [0.25, 0.3) is 5.91 Å². The van der Waals surface area contributed by atoms with Crippen molar-refractivity contribution in [1.82, 2.24) is 4.90 Å². The molecule has 2 fully saturated rings. The molecule has 0 radical (unpaired) electrons. The molecule has 0 bridgehead atoms. The third-order valence-electron chi connectivity index (χ3n) is 3.26. The summed E-state index contributed by atoms with van der Waals surface area (Å²) in [5.74, 6) is -0.0920. The van der Waals surface area contributed by atoms with Crippen LogP contribution in [0.3, 0.4) is 0 Å². The van der Waals surface area contributed by atoms with Gasteiger partial charge in [-0.2, -0.15) is 0 Å². The Bertz CT molecular complexity index is 481. The highest BCUT2D eigenvalue weighted by molar-refractivity contribution is 9.10. The molecule has 3 rings (SSSR count). The van der Waals surface area contributed by atoms with E-state index in [1.54, 1.807) is 17.0 Å². The Hall–Kier alpha value is -1.36. The van der Waals surface area contributed by atoms with Crippen LogP contribution in [0.5, 0.6) is 0 Å². The van der Waals surface area contributed by atoms with Crippen LogP contribution >= 0.6 is 15.9 Å². The van der Waals surface area contributed by atoms with E-state index in [-0.39, 0.29) is 18.0 Å². The van der Waals surface area contributed by atoms with Crippen molar-refractivity contribution in [3.8, 4) is 0 Å². The molecule has 0 saturated carbocycles. The normalized spacial score (nSPS) is 23.5. The van der Waals surface area contributed by atoms with E-state index in [0.29, 0.717) is 12.2 Å². The minimum atomic E-state index is -0.235. The molecular weight excluding hydrogens is 284 g/mol. The highest BCUT2D eigenvalue weighted by atomic mass is 79.9. The van der Waals surface area contributed by atoms with Gasteiger partial charge in [-0.05, 0) is 31.0 Å². The van der Waals surface area contributed by atoms with Crippen molar-refractivity contribution in [2.24, 2.45) is 0 Å². The Morgan fingerprint density at radius 3 is 2.82 bits per heavy atom. The van der Waals surface area contributed by atoms with Gasteiger partial charge in [0.2, 0.25) is 0 Å². The quantitative estimate of drug-likeness (QED) is 0.746. The molecule has 1 aromatic rings. The maximum absolute atomic E-state index is 12.2. The van der Waals surface area contributed by atoms with Crippen LogP contribution in [0.15, 0.2) is 28.7 Å². The fourth-order valence-corrected chi connectivity index (χ4v) is 2.86. The highest BCUT2D eigenvalue weighted by Crippen LogP contribution is 2.32. The van der Waals surface area contributed by atoms with Crippen molar-refractivity contribution in [2.75, 3.05) is 11.4 Å². The summed E-state index contributed by atoms with van der Waals surface area (Å²) in [5.41, 5.74) is 0.642. The summed E-state index contributed by atoms with van der Waals surface area (Å²) in [6.07, 6.45) is 1.71. The Balaban J connectivity index is 1.99. The van der Waals surface area contributed by atoms with Crippen molar-refractivity contribution in [3.63, 3.8) is 0 Å². The molecule has 2 aliphatic rings. The van der Waals surface area contributed by atoms with Crippen LogP contribution < -0.4 is 4.90 Å². The Kier molecular flexibility index (Phi) is 2.43. The molecule has 2 heterocycles. The van der Waals surface area contributed by atoms with Crippen LogP contribution in [-0.4, -0.2) is 29.4 Å². The van der Waals surface area contributed by atoms with E-state index in [9.17, 15) is 9.59 Å². The van der Waals surface area contributed by atoms with Gasteiger partial charge in [-0.15, -0.1) is 0 Å². The third-order valence-corrected chi connectivity index (χ3v) is 3.75. The number of imide groups is 1. The molecule has 0 N–H and O–H groups in total. The van der Waals surface area contributed by atoms with Crippen LogP contribution in [0.4, 0.5) is 10.5 Å². The van der Waals surface area contributed by atoms with Gasteiger partial charge >= 0.3 is 6.03 Å². The molecule has 0 aliphatic carbocycles. The van der Waals surface area contributed by atoms with E-state index in [2.05, 4.69) is 15.9 Å². The summed E-state index contributed by atoms with van der Waals surface area (Å²) in [5, 5.41) is 0. The lowest BCUT2D eigenvalue weighted by atomic mass is 10.2. The second-order valence-electron chi connectivity index (χ2n) is 4.29. The summed E-state index contributed by atoms with van der Waals surface area (Å²) in [4.78, 5) is 27.2. The van der Waals surface area contributed by atoms with E-state index in [1.165, 1.54) is 4.90 Å². The largest absolute Gasteiger partial charge is 0.332 e. The molecule has 17 heavy (non-hydrogen) atoms. The number of carbonyl (C=O) groups excluding carboxylic acids is 2. The second-order valence-corrected chi connectivity index (χ2v) is 5.20. The summed E-state index contributed by atoms with van der Waals surface area (Å²) < 4.78 is 0.864. The van der Waals surface area contributed by atoms with E-state index in [0.717, 1.165) is 17.3 Å². The first kappa shape index (κ1) is 10.8. The maximum atomic E-state index is 12.2. The van der Waals surface area contributed by atoms with E-state index >= 15 is 0 Å². The molecule has 88 valence electrons. The minimum absolute atomic E-state index is 0.0920. The van der Waals surface area contributed by atoms with Crippen LogP contribution in [0.1, 0.15) is 12.8 Å². The molecule has 1 unspecified atom stereocenters. The average Bonchev–Trinajstić information content (AvgIpc) is 2.84. The molecule has 0 aromatic heterocycles. The number of nitrogens with zero attached hydrogens (tertiary/aromatic N) is 2. The van der Waals surface area contributed by atoms with Crippen molar-refractivity contribution in [3.05, 3.63) is 28.7 Å². The summed E-state index contributed by atoms with van der Waals surface area (Å²) in [7, 11) is 0. The Morgan fingerprint density at radius 2 is 2.12 bits per heavy atom. The number of amides is 3. The van der Waals surface area contributed by atoms with E-state index in [4.69, 9.17) is 0 Å². The Morgan fingerprint density at radius 1 is 1.29 bits per heavy atom. The van der Waals surface area contributed by atoms with Crippen molar-refractivity contribution >= 4 is 33.6 Å². The number of urea groups is 1. The molecule has 2 aliphatic heterocycles. The first-order valence-electron chi connectivity index (χ1n) is 5.58. The molecule has 3 amide bonds. The smallest absolute Gasteiger partial charge is 0.312 e. The number of benzene rings is 1. The van der Waals surface area contributed by atoms with Gasteiger partial charge in [0.1, 0.15) is 6.04 Å². The first-order chi connectivity index (χ1) is 8.18. The zero-order valence-corrected chi connectivity index (χ0v) is 10.7. The fraction of sp³-hybridized carbons (Fsp3) is 0.333. The molecule has 2 saturated heterocycles. The predicted molar refractivity (Wildman–Crippen MR) is 66.8 cm³/mol. The number of carbonyl (C=O) groups is 2. The number of fused-ring (bicyclic) bond motifs is 1. The van der Waals surface area contributed by atoms with Crippen LogP contribution in [0.25, 0.3) is 0 Å². The highest BCUT2D eigenvalue weighted by Gasteiger charge is 2.47. The number of hydrogen-bond donors (Lipinski definition) is 0. The molecular formula is C12H11BrN2O2. The van der Waals surface area contributed by atoms with Gasteiger partial charge in [0, 0.05) is 11.0 Å². The second kappa shape index (κ2) is 3.84. The third kappa shape index (κ3) is 1.57. The zero-order valence-electron chi connectivity index (χ0n) is 9.10. The van der Waals surface area contributed by atoms with Crippen LogP contribution in [0, 0.1) is 0 Å². The van der Waals surface area contributed by atoms with Gasteiger partial charge in [-0.3, -0.25) is 4.79 Å². The maximum Gasteiger partial charge on any atom is 0.332 e. The molecule has 5 heteroatoms. The van der Waals surface area contributed by atoms with Crippen LogP contribution in [-0.2, 0) is 4.79 Å². The van der Waals surface area contributed by atoms with Gasteiger partial charge in [0.05, 0.1) is 5.69 Å². The van der Waals surface area contributed by atoms with E-state index in [1.807, 2.05) is 12.1 Å². The van der Waals surface area contributed by atoms with Gasteiger partial charge in [-0.1, -0.05) is 22.0 Å². The topological polar surface area (TPSA) is 40.6 Å². The average molecular weight is 295 g/mol. The number of hydrogen-bond acceptors (Lipinski definition) is 2. The number of rotatable bonds is 1. The standard InChI is InChI=1S/C12H11BrN2O2/c13-8-3-1-4-9(7-8)15-11(16)10-5-2-6-14(10)12(15)17/h1,3-4,7,10H,2,5-6H2. The number of anilines is 1. The minimum Gasteiger partial charge on any atom is -0.312 e. The lowest BCUT2D eigenvalue weighted by Gasteiger charge is -2.15. The zero-order chi connectivity index (χ0) is 12.0. The molecule has 4 nitrogen and oxygen atoms in total. The van der Waals surface area contributed by atoms with Crippen molar-refractivity contribution in [1.29, 1.82) is 0 Å². The predicted octanol–water partition coefficient (Wildman–Crippen LogP) is 2.38. The summed E-state index contributed by atoms with van der Waals surface area (Å²) >= 11 is 3.35. The molecule has 1 aromatic carbocycles. The number of halogens is 1. The van der Waals surface area contributed by atoms with Crippen molar-refractivity contribution in [2.45, 2.75) is 18.9 Å². The van der Waals surface area contributed by atoms with E-state index < -0.39 is 0 Å². The molecule has 0 spiro atoms. The lowest BCUT2D eigenvalue weighted by molar-refractivity contribution is -0.119. The Labute approximate surface area is 107 Å². The van der Waals surface area contributed by atoms with Gasteiger partial charge < -0.3 is 4.90 Å². The SMILES string of the molecule is O=C1C2CCCN2C(=O)N1c1cccc(Br)c1. The summed E-state index contributed by atoms with van der Waals surface area (Å²) in [6.45, 7) is 0.694. The lowest BCUT2D eigenvalue weighted by Crippen LogP contribution is -2.32. The van der Waals surface area contributed by atoms with Crippen LogP contribution in [0.2, 0.25) is 0 Å². The summed E-state index contributed by atoms with van der Waals surface area (Å²) in [6, 6.07) is 6.84. The fourth-order valence-electron chi connectivity index (χ4n) is 2.48. The van der Waals surface area contributed by atoms with Gasteiger partial charge in [-0.25, -0.2) is 9.69 Å². The molecule has 1 atom stereocenters. The van der Waals surface area contributed by atoms with Crippen molar-refractivity contribution < 1.29 is 9.59 Å². The monoisotopic (exact) mass is 294 g/mol. The van der Waals surface area contributed by atoms with Gasteiger partial charge in [0.15, 0.2) is 0 Å².